The number of methoxy groups -OCH3 is 2. The second-order valence-electron chi connectivity index (χ2n) is 5.53. The van der Waals surface area contributed by atoms with Crippen LogP contribution in [0.4, 0.5) is 0 Å². The molecule has 2 aromatic carbocycles. The fourth-order valence-corrected chi connectivity index (χ4v) is 3.26. The van der Waals surface area contributed by atoms with Crippen molar-refractivity contribution in [1.82, 2.24) is 4.90 Å². The van der Waals surface area contributed by atoms with Gasteiger partial charge >= 0.3 is 0 Å². The number of hydrogen-bond acceptors (Lipinski definition) is 3. The van der Waals surface area contributed by atoms with Gasteiger partial charge in [-0.1, -0.05) is 29.8 Å². The minimum atomic E-state index is 0.786. The van der Waals surface area contributed by atoms with E-state index in [1.165, 1.54) is 16.7 Å². The Hall–Kier alpha value is -1.71. The molecule has 0 amide bonds. The van der Waals surface area contributed by atoms with Crippen LogP contribution in [0.1, 0.15) is 16.7 Å². The van der Waals surface area contributed by atoms with Crippen molar-refractivity contribution < 1.29 is 9.47 Å². The first kappa shape index (κ1) is 15.2. The predicted octanol–water partition coefficient (Wildman–Crippen LogP) is 3.92. The zero-order valence-electron chi connectivity index (χ0n) is 12.9. The maximum atomic E-state index is 6.08. The molecule has 1 aliphatic heterocycles. The number of nitrogens with zero attached hydrogens (tertiary/aromatic N) is 1. The molecule has 0 fully saturated rings. The fraction of sp³-hybridized carbons (Fsp3) is 0.333. The molecule has 0 aromatic heterocycles. The highest BCUT2D eigenvalue weighted by Crippen LogP contribution is 2.36. The molecule has 0 atom stereocenters. The summed E-state index contributed by atoms with van der Waals surface area (Å²) in [6.45, 7) is 2.79. The first-order valence-corrected chi connectivity index (χ1v) is 7.78. The molecule has 1 heterocycles. The van der Waals surface area contributed by atoms with Crippen molar-refractivity contribution >= 4 is 11.6 Å². The van der Waals surface area contributed by atoms with E-state index < -0.39 is 0 Å². The van der Waals surface area contributed by atoms with Crippen LogP contribution in [0, 0.1) is 0 Å². The highest BCUT2D eigenvalue weighted by atomic mass is 35.5. The Kier molecular flexibility index (Phi) is 4.55. The second-order valence-corrected chi connectivity index (χ2v) is 5.97. The Morgan fingerprint density at radius 3 is 2.73 bits per heavy atom. The lowest BCUT2D eigenvalue weighted by atomic mass is 9.97. The van der Waals surface area contributed by atoms with E-state index >= 15 is 0 Å². The van der Waals surface area contributed by atoms with Gasteiger partial charge in [-0.15, -0.1) is 0 Å². The van der Waals surface area contributed by atoms with Crippen molar-refractivity contribution in [2.24, 2.45) is 0 Å². The van der Waals surface area contributed by atoms with Gasteiger partial charge in [0.05, 0.1) is 14.2 Å². The van der Waals surface area contributed by atoms with E-state index in [4.69, 9.17) is 21.1 Å². The number of hydrogen-bond donors (Lipinski definition) is 0. The second kappa shape index (κ2) is 6.59. The molecule has 116 valence electrons. The number of fused-ring (bicyclic) bond motifs is 1. The van der Waals surface area contributed by atoms with Crippen LogP contribution < -0.4 is 9.47 Å². The summed E-state index contributed by atoms with van der Waals surface area (Å²) in [5, 5.41) is 0.786. The summed E-state index contributed by atoms with van der Waals surface area (Å²) >= 11 is 6.08. The van der Waals surface area contributed by atoms with Crippen LogP contribution in [0.25, 0.3) is 0 Å². The highest BCUT2D eigenvalue weighted by molar-refractivity contribution is 6.30. The molecule has 3 nitrogen and oxygen atoms in total. The Morgan fingerprint density at radius 2 is 2.00 bits per heavy atom. The molecule has 0 saturated heterocycles. The van der Waals surface area contributed by atoms with Gasteiger partial charge in [0.2, 0.25) is 0 Å². The third-order valence-corrected chi connectivity index (χ3v) is 4.35. The molecule has 2 aromatic rings. The summed E-state index contributed by atoms with van der Waals surface area (Å²) in [5.41, 5.74) is 3.81. The Balaban J connectivity index is 1.83. The van der Waals surface area contributed by atoms with Crippen LogP contribution in [0.5, 0.6) is 11.5 Å². The Labute approximate surface area is 136 Å². The van der Waals surface area contributed by atoms with E-state index in [1.54, 1.807) is 14.2 Å². The van der Waals surface area contributed by atoms with Crippen LogP contribution in [0.3, 0.4) is 0 Å². The number of ether oxygens (including phenoxy) is 2. The van der Waals surface area contributed by atoms with Gasteiger partial charge in [0.15, 0.2) is 11.5 Å². The molecule has 0 N–H and O–H groups in total. The average molecular weight is 318 g/mol. The maximum Gasteiger partial charge on any atom is 0.165 e. The summed E-state index contributed by atoms with van der Waals surface area (Å²) in [6.07, 6.45) is 1.02. The summed E-state index contributed by atoms with van der Waals surface area (Å²) in [6, 6.07) is 12.2. The lowest BCUT2D eigenvalue weighted by molar-refractivity contribution is 0.238. The standard InChI is InChI=1S/C18H20ClNO2/c1-21-17-7-6-14-8-9-20(12-16(14)18(17)22-2)11-13-4-3-5-15(19)10-13/h3-7,10H,8-9,11-12H2,1-2H3. The van der Waals surface area contributed by atoms with Crippen LogP contribution in [-0.2, 0) is 19.5 Å². The average Bonchev–Trinajstić information content (AvgIpc) is 2.53. The van der Waals surface area contributed by atoms with Crippen molar-refractivity contribution in [3.63, 3.8) is 0 Å². The molecular weight excluding hydrogens is 298 g/mol. The van der Waals surface area contributed by atoms with Gasteiger partial charge in [0.1, 0.15) is 0 Å². The van der Waals surface area contributed by atoms with E-state index in [9.17, 15) is 0 Å². The Morgan fingerprint density at radius 1 is 1.14 bits per heavy atom. The molecule has 0 unspecified atom stereocenters. The van der Waals surface area contributed by atoms with Crippen molar-refractivity contribution in [3.05, 3.63) is 58.1 Å². The van der Waals surface area contributed by atoms with Gasteiger partial charge in [-0.2, -0.15) is 0 Å². The zero-order valence-corrected chi connectivity index (χ0v) is 13.7. The molecule has 0 spiro atoms. The third-order valence-electron chi connectivity index (χ3n) is 4.12. The van der Waals surface area contributed by atoms with Crippen molar-refractivity contribution in [2.75, 3.05) is 20.8 Å². The summed E-state index contributed by atoms with van der Waals surface area (Å²) < 4.78 is 11.0. The fourth-order valence-electron chi connectivity index (χ4n) is 3.05. The van der Waals surface area contributed by atoms with E-state index in [0.717, 1.165) is 42.6 Å². The van der Waals surface area contributed by atoms with Crippen molar-refractivity contribution in [2.45, 2.75) is 19.5 Å². The van der Waals surface area contributed by atoms with Gasteiger partial charge in [0.25, 0.3) is 0 Å². The molecule has 0 radical (unpaired) electrons. The monoisotopic (exact) mass is 317 g/mol. The van der Waals surface area contributed by atoms with Gasteiger partial charge in [-0.3, -0.25) is 4.90 Å². The van der Waals surface area contributed by atoms with Gasteiger partial charge in [-0.05, 0) is 35.7 Å². The highest BCUT2D eigenvalue weighted by Gasteiger charge is 2.22. The van der Waals surface area contributed by atoms with E-state index in [0.29, 0.717) is 0 Å². The lowest BCUT2D eigenvalue weighted by Crippen LogP contribution is -2.30. The molecule has 3 rings (SSSR count). The molecule has 0 aliphatic carbocycles. The van der Waals surface area contributed by atoms with E-state index in [2.05, 4.69) is 17.0 Å². The van der Waals surface area contributed by atoms with Crippen LogP contribution >= 0.6 is 11.6 Å². The largest absolute Gasteiger partial charge is 0.493 e. The first-order valence-electron chi connectivity index (χ1n) is 7.41. The minimum absolute atomic E-state index is 0.786. The van der Waals surface area contributed by atoms with E-state index in [1.807, 2.05) is 24.3 Å². The van der Waals surface area contributed by atoms with Gasteiger partial charge in [0, 0.05) is 30.2 Å². The summed E-state index contributed by atoms with van der Waals surface area (Å²) in [7, 11) is 3.38. The summed E-state index contributed by atoms with van der Waals surface area (Å²) in [4.78, 5) is 2.41. The third kappa shape index (κ3) is 3.06. The smallest absolute Gasteiger partial charge is 0.165 e. The molecular formula is C18H20ClNO2. The quantitative estimate of drug-likeness (QED) is 0.853. The normalized spacial score (nSPS) is 14.5. The zero-order chi connectivity index (χ0) is 15.5. The van der Waals surface area contributed by atoms with Crippen LogP contribution in [-0.4, -0.2) is 25.7 Å². The molecule has 1 aliphatic rings. The van der Waals surface area contributed by atoms with Crippen LogP contribution in [0.15, 0.2) is 36.4 Å². The predicted molar refractivity (Wildman–Crippen MR) is 88.8 cm³/mol. The first-order chi connectivity index (χ1) is 10.7. The van der Waals surface area contributed by atoms with Crippen LogP contribution in [0.2, 0.25) is 5.02 Å². The number of halogens is 1. The lowest BCUT2D eigenvalue weighted by Gasteiger charge is -2.30. The SMILES string of the molecule is COc1ccc2c(c1OC)CN(Cc1cccc(Cl)c1)CC2. The molecule has 22 heavy (non-hydrogen) atoms. The van der Waals surface area contributed by atoms with Crippen molar-refractivity contribution in [1.29, 1.82) is 0 Å². The van der Waals surface area contributed by atoms with Gasteiger partial charge < -0.3 is 9.47 Å². The number of rotatable bonds is 4. The topological polar surface area (TPSA) is 21.7 Å². The van der Waals surface area contributed by atoms with Gasteiger partial charge in [-0.25, -0.2) is 0 Å². The maximum absolute atomic E-state index is 6.08. The molecule has 0 bridgehead atoms. The molecule has 4 heteroatoms. The molecule has 0 saturated carbocycles. The minimum Gasteiger partial charge on any atom is -0.493 e. The van der Waals surface area contributed by atoms with E-state index in [-0.39, 0.29) is 0 Å². The Bertz CT molecular complexity index is 672. The number of benzene rings is 2. The summed E-state index contributed by atoms with van der Waals surface area (Å²) in [5.74, 6) is 1.65. The van der Waals surface area contributed by atoms with Crippen molar-refractivity contribution in [3.8, 4) is 11.5 Å².